The molecule has 1 aliphatic carbocycles. The van der Waals surface area contributed by atoms with Crippen molar-refractivity contribution >= 4 is 12.6 Å². The Labute approximate surface area is 44.3 Å². The van der Waals surface area contributed by atoms with Crippen molar-refractivity contribution in [1.29, 1.82) is 0 Å². The second-order valence-electron chi connectivity index (χ2n) is 2.16. The normalized spacial score (nSPS) is 43.0. The van der Waals surface area contributed by atoms with Crippen LogP contribution in [-0.2, 0) is 0 Å². The Kier molecular flexibility index (Phi) is 1.09. The molecule has 1 rings (SSSR count). The molecule has 0 radical (unpaired) electrons. The molecule has 0 bridgehead atoms. The molecule has 1 unspecified atom stereocenters. The van der Waals surface area contributed by atoms with Crippen molar-refractivity contribution in [2.45, 2.75) is 13.3 Å². The molecule has 0 aromatic carbocycles. The maximum atomic E-state index is 4.14. The first-order valence-electron chi connectivity index (χ1n) is 2.45. The van der Waals surface area contributed by atoms with Crippen LogP contribution < -0.4 is 0 Å². The molecule has 0 spiro atoms. The van der Waals surface area contributed by atoms with Gasteiger partial charge in [0.25, 0.3) is 0 Å². The van der Waals surface area contributed by atoms with Crippen LogP contribution in [0.4, 0.5) is 0 Å². The Hall–Kier alpha value is 0.350. The van der Waals surface area contributed by atoms with E-state index in [2.05, 4.69) is 19.6 Å². The van der Waals surface area contributed by atoms with Crippen LogP contribution in [0.3, 0.4) is 0 Å². The first kappa shape index (κ1) is 4.51. The van der Waals surface area contributed by atoms with Gasteiger partial charge in [-0.1, -0.05) is 6.92 Å². The summed E-state index contributed by atoms with van der Waals surface area (Å²) < 4.78 is 0. The third-order valence-corrected chi connectivity index (χ3v) is 1.98. The lowest BCUT2D eigenvalue weighted by Gasteiger charge is -1.78. The van der Waals surface area contributed by atoms with Gasteiger partial charge in [0, 0.05) is 0 Å². The van der Waals surface area contributed by atoms with Crippen molar-refractivity contribution < 1.29 is 0 Å². The minimum absolute atomic E-state index is 0.966. The summed E-state index contributed by atoms with van der Waals surface area (Å²) >= 11 is 4.14. The van der Waals surface area contributed by atoms with E-state index in [4.69, 9.17) is 0 Å². The van der Waals surface area contributed by atoms with Crippen molar-refractivity contribution in [3.8, 4) is 0 Å². The van der Waals surface area contributed by atoms with Crippen LogP contribution >= 0.6 is 12.6 Å². The number of hydrogen-bond donors (Lipinski definition) is 1. The molecule has 1 saturated carbocycles. The average Bonchev–Trinajstić information content (AvgIpc) is 2.19. The standard InChI is InChI=1S/C5H10S/c1-4-2-5(4)3-6/h4-6H,2-3H2,1H3/t4-,5?/m1/s1. The van der Waals surface area contributed by atoms with Crippen LogP contribution in [-0.4, -0.2) is 5.75 Å². The molecule has 0 aliphatic heterocycles. The van der Waals surface area contributed by atoms with Crippen molar-refractivity contribution in [1.82, 2.24) is 0 Å². The van der Waals surface area contributed by atoms with Crippen LogP contribution in [0.25, 0.3) is 0 Å². The molecule has 0 aromatic heterocycles. The Balaban J connectivity index is 2.09. The predicted molar refractivity (Wildman–Crippen MR) is 31.1 cm³/mol. The molecule has 0 saturated heterocycles. The molecule has 0 aromatic rings. The van der Waals surface area contributed by atoms with E-state index in [-0.39, 0.29) is 0 Å². The average molecular weight is 102 g/mol. The van der Waals surface area contributed by atoms with Crippen molar-refractivity contribution in [2.75, 3.05) is 5.75 Å². The fourth-order valence-corrected chi connectivity index (χ4v) is 1.16. The van der Waals surface area contributed by atoms with Crippen LogP contribution in [0.2, 0.25) is 0 Å². The summed E-state index contributed by atoms with van der Waals surface area (Å²) in [6.45, 7) is 2.28. The van der Waals surface area contributed by atoms with E-state index in [0.29, 0.717) is 0 Å². The fourth-order valence-electron chi connectivity index (χ4n) is 0.653. The Morgan fingerprint density at radius 1 is 1.83 bits per heavy atom. The Bertz CT molecular complexity index is 49.9. The summed E-state index contributed by atoms with van der Waals surface area (Å²) in [5.41, 5.74) is 0. The van der Waals surface area contributed by atoms with E-state index in [1.54, 1.807) is 0 Å². The number of rotatable bonds is 1. The molecule has 6 heavy (non-hydrogen) atoms. The monoisotopic (exact) mass is 102 g/mol. The van der Waals surface area contributed by atoms with Gasteiger partial charge < -0.3 is 0 Å². The molecule has 1 aliphatic rings. The molecule has 1 heteroatoms. The minimum atomic E-state index is 0.966. The van der Waals surface area contributed by atoms with E-state index in [9.17, 15) is 0 Å². The largest absolute Gasteiger partial charge is 0.179 e. The highest BCUT2D eigenvalue weighted by Crippen LogP contribution is 2.37. The van der Waals surface area contributed by atoms with Crippen LogP contribution in [0.15, 0.2) is 0 Å². The molecule has 0 heterocycles. The highest BCUT2D eigenvalue weighted by atomic mass is 32.1. The molecule has 1 fully saturated rings. The Morgan fingerprint density at radius 2 is 2.33 bits per heavy atom. The smallest absolute Gasteiger partial charge is 0.00669 e. The van der Waals surface area contributed by atoms with E-state index in [0.717, 1.165) is 17.6 Å². The number of thiol groups is 1. The molecule has 2 atom stereocenters. The first-order chi connectivity index (χ1) is 2.84. The molecular formula is C5H10S. The first-order valence-corrected chi connectivity index (χ1v) is 3.08. The third kappa shape index (κ3) is 0.700. The van der Waals surface area contributed by atoms with Gasteiger partial charge in [-0.05, 0) is 24.0 Å². The van der Waals surface area contributed by atoms with E-state index >= 15 is 0 Å². The summed E-state index contributed by atoms with van der Waals surface area (Å²) in [6.07, 6.45) is 1.42. The minimum Gasteiger partial charge on any atom is -0.179 e. The molecular weight excluding hydrogens is 92.1 g/mol. The van der Waals surface area contributed by atoms with Crippen LogP contribution in [0.5, 0.6) is 0 Å². The molecule has 0 N–H and O–H groups in total. The van der Waals surface area contributed by atoms with Gasteiger partial charge >= 0.3 is 0 Å². The van der Waals surface area contributed by atoms with Crippen LogP contribution in [0.1, 0.15) is 13.3 Å². The van der Waals surface area contributed by atoms with Gasteiger partial charge in [-0.15, -0.1) is 0 Å². The maximum absolute atomic E-state index is 4.14. The molecule has 36 valence electrons. The van der Waals surface area contributed by atoms with Crippen molar-refractivity contribution in [3.05, 3.63) is 0 Å². The molecule has 0 amide bonds. The van der Waals surface area contributed by atoms with Gasteiger partial charge in [-0.2, -0.15) is 12.6 Å². The van der Waals surface area contributed by atoms with Crippen molar-refractivity contribution in [2.24, 2.45) is 11.8 Å². The third-order valence-electron chi connectivity index (χ3n) is 1.51. The highest BCUT2D eigenvalue weighted by Gasteiger charge is 2.30. The summed E-state index contributed by atoms with van der Waals surface area (Å²) in [5, 5.41) is 0. The van der Waals surface area contributed by atoms with E-state index in [1.165, 1.54) is 6.42 Å². The zero-order valence-corrected chi connectivity index (χ0v) is 4.91. The van der Waals surface area contributed by atoms with Gasteiger partial charge in [0.15, 0.2) is 0 Å². The molecule has 0 nitrogen and oxygen atoms in total. The zero-order chi connectivity index (χ0) is 4.57. The highest BCUT2D eigenvalue weighted by molar-refractivity contribution is 7.80. The van der Waals surface area contributed by atoms with Crippen LogP contribution in [0, 0.1) is 11.8 Å². The van der Waals surface area contributed by atoms with Crippen molar-refractivity contribution in [3.63, 3.8) is 0 Å². The lowest BCUT2D eigenvalue weighted by atomic mass is 10.4. The lowest BCUT2D eigenvalue weighted by molar-refractivity contribution is 0.847. The SMILES string of the molecule is C[C@@H]1CC1CS. The summed E-state index contributed by atoms with van der Waals surface area (Å²) in [7, 11) is 0. The fraction of sp³-hybridized carbons (Fsp3) is 1.00. The summed E-state index contributed by atoms with van der Waals surface area (Å²) in [6, 6.07) is 0. The van der Waals surface area contributed by atoms with E-state index < -0.39 is 0 Å². The maximum Gasteiger partial charge on any atom is -0.00669 e. The van der Waals surface area contributed by atoms with Gasteiger partial charge in [-0.25, -0.2) is 0 Å². The predicted octanol–water partition coefficient (Wildman–Crippen LogP) is 1.57. The summed E-state index contributed by atoms with van der Waals surface area (Å²) in [5.74, 6) is 3.05. The Morgan fingerprint density at radius 3 is 2.33 bits per heavy atom. The van der Waals surface area contributed by atoms with E-state index in [1.807, 2.05) is 0 Å². The lowest BCUT2D eigenvalue weighted by Crippen LogP contribution is -1.74. The van der Waals surface area contributed by atoms with Gasteiger partial charge in [-0.3, -0.25) is 0 Å². The second kappa shape index (κ2) is 1.45. The number of hydrogen-bond acceptors (Lipinski definition) is 1. The topological polar surface area (TPSA) is 0 Å². The summed E-state index contributed by atoms with van der Waals surface area (Å²) in [4.78, 5) is 0. The van der Waals surface area contributed by atoms with Gasteiger partial charge in [0.2, 0.25) is 0 Å². The second-order valence-corrected chi connectivity index (χ2v) is 2.52. The van der Waals surface area contributed by atoms with Gasteiger partial charge in [0.1, 0.15) is 0 Å². The zero-order valence-electron chi connectivity index (χ0n) is 4.02. The quantitative estimate of drug-likeness (QED) is 0.477. The van der Waals surface area contributed by atoms with Gasteiger partial charge in [0.05, 0.1) is 0 Å².